The third-order valence-corrected chi connectivity index (χ3v) is 4.27. The Morgan fingerprint density at radius 3 is 2.44 bits per heavy atom. The van der Waals surface area contributed by atoms with Gasteiger partial charge in [-0.3, -0.25) is 0 Å². The van der Waals surface area contributed by atoms with Gasteiger partial charge in [0.1, 0.15) is 5.69 Å². The van der Waals surface area contributed by atoms with E-state index in [9.17, 15) is 13.6 Å². The summed E-state index contributed by atoms with van der Waals surface area (Å²) in [6.07, 6.45) is 0.882. The number of piperidine rings is 1. The number of carbonyl (C=O) groups is 1. The molecular weight excluding hydrogens is 328 g/mol. The van der Waals surface area contributed by atoms with Gasteiger partial charge in [0.2, 0.25) is 0 Å². The molecule has 25 heavy (non-hydrogen) atoms. The highest BCUT2D eigenvalue weighted by Crippen LogP contribution is 2.34. The van der Waals surface area contributed by atoms with Crippen LogP contribution in [-0.2, 0) is 4.74 Å². The highest BCUT2D eigenvalue weighted by Gasteiger charge is 2.35. The van der Waals surface area contributed by atoms with E-state index in [2.05, 4.69) is 9.97 Å². The molecule has 0 N–H and O–H groups in total. The number of ether oxygens (including phenoxy) is 1. The number of hydrogen-bond acceptors (Lipinski definition) is 5. The summed E-state index contributed by atoms with van der Waals surface area (Å²) in [7, 11) is 1.27. The number of nitrogens with zero attached hydrogens (tertiary/aromatic N) is 3. The molecule has 3 rings (SSSR count). The standard InChI is InChI=1S/C18H19F2N3O2/c1-12-3-5-13(6-4-12)15-16(21-11-14(22-15)17(24)25-2)23-9-7-18(19,20)8-10-23/h3-6,11H,7-10H2,1-2H3. The molecule has 2 heterocycles. The van der Waals surface area contributed by atoms with Crippen molar-refractivity contribution >= 4 is 11.8 Å². The number of anilines is 1. The number of hydrogen-bond donors (Lipinski definition) is 0. The van der Waals surface area contributed by atoms with Crippen LogP contribution in [0, 0.1) is 6.92 Å². The van der Waals surface area contributed by atoms with E-state index in [1.807, 2.05) is 31.2 Å². The number of aromatic nitrogens is 2. The van der Waals surface area contributed by atoms with E-state index in [1.165, 1.54) is 13.3 Å². The minimum absolute atomic E-state index is 0.0872. The lowest BCUT2D eigenvalue weighted by atomic mass is 10.0. The molecule has 0 radical (unpaired) electrons. The van der Waals surface area contributed by atoms with Crippen molar-refractivity contribution in [2.45, 2.75) is 25.7 Å². The van der Waals surface area contributed by atoms with E-state index >= 15 is 0 Å². The fourth-order valence-electron chi connectivity index (χ4n) is 2.77. The first-order chi connectivity index (χ1) is 11.9. The molecule has 0 atom stereocenters. The monoisotopic (exact) mass is 347 g/mol. The third-order valence-electron chi connectivity index (χ3n) is 4.27. The van der Waals surface area contributed by atoms with Crippen molar-refractivity contribution in [3.05, 3.63) is 41.7 Å². The zero-order chi connectivity index (χ0) is 18.0. The smallest absolute Gasteiger partial charge is 0.358 e. The Morgan fingerprint density at radius 2 is 1.84 bits per heavy atom. The molecule has 1 aliphatic heterocycles. The lowest BCUT2D eigenvalue weighted by Crippen LogP contribution is -2.40. The number of methoxy groups -OCH3 is 1. The summed E-state index contributed by atoms with van der Waals surface area (Å²) in [6, 6.07) is 7.61. The molecule has 0 aliphatic carbocycles. The van der Waals surface area contributed by atoms with Crippen molar-refractivity contribution in [2.24, 2.45) is 0 Å². The zero-order valence-electron chi connectivity index (χ0n) is 14.1. The van der Waals surface area contributed by atoms with E-state index in [0.717, 1.165) is 11.1 Å². The molecule has 132 valence electrons. The molecular formula is C18H19F2N3O2. The Labute approximate surface area is 144 Å². The van der Waals surface area contributed by atoms with Gasteiger partial charge in [0, 0.05) is 31.5 Å². The van der Waals surface area contributed by atoms with E-state index < -0.39 is 11.9 Å². The Hall–Kier alpha value is -2.57. The number of aryl methyl sites for hydroxylation is 1. The molecule has 1 aliphatic rings. The minimum atomic E-state index is -2.64. The van der Waals surface area contributed by atoms with Crippen LogP contribution in [0.15, 0.2) is 30.5 Å². The van der Waals surface area contributed by atoms with Crippen LogP contribution in [0.2, 0.25) is 0 Å². The average molecular weight is 347 g/mol. The number of rotatable bonds is 3. The molecule has 1 saturated heterocycles. The van der Waals surface area contributed by atoms with Crippen molar-refractivity contribution in [1.29, 1.82) is 0 Å². The Morgan fingerprint density at radius 1 is 1.20 bits per heavy atom. The minimum Gasteiger partial charge on any atom is -0.464 e. The van der Waals surface area contributed by atoms with E-state index in [-0.39, 0.29) is 31.6 Å². The quantitative estimate of drug-likeness (QED) is 0.796. The second-order valence-electron chi connectivity index (χ2n) is 6.13. The van der Waals surface area contributed by atoms with Crippen molar-refractivity contribution in [3.8, 4) is 11.3 Å². The summed E-state index contributed by atoms with van der Waals surface area (Å²) >= 11 is 0. The van der Waals surface area contributed by atoms with Crippen LogP contribution in [0.1, 0.15) is 28.9 Å². The molecule has 1 aromatic heterocycles. The predicted molar refractivity (Wildman–Crippen MR) is 89.9 cm³/mol. The van der Waals surface area contributed by atoms with E-state index in [1.54, 1.807) is 4.90 Å². The lowest BCUT2D eigenvalue weighted by molar-refractivity contribution is -0.0221. The third kappa shape index (κ3) is 3.75. The van der Waals surface area contributed by atoms with Gasteiger partial charge in [-0.2, -0.15) is 0 Å². The summed E-state index contributed by atoms with van der Waals surface area (Å²) in [4.78, 5) is 22.3. The Bertz CT molecular complexity index is 768. The predicted octanol–water partition coefficient (Wildman–Crippen LogP) is 3.47. The molecule has 2 aromatic rings. The molecule has 0 unspecified atom stereocenters. The van der Waals surface area contributed by atoms with Crippen LogP contribution in [0.5, 0.6) is 0 Å². The number of carbonyl (C=O) groups excluding carboxylic acids is 1. The van der Waals surface area contributed by atoms with Crippen molar-refractivity contribution in [2.75, 3.05) is 25.1 Å². The molecule has 0 spiro atoms. The SMILES string of the molecule is COC(=O)c1cnc(N2CCC(F)(F)CC2)c(-c2ccc(C)cc2)n1. The molecule has 0 saturated carbocycles. The van der Waals surface area contributed by atoms with Gasteiger partial charge in [0.05, 0.1) is 13.3 Å². The van der Waals surface area contributed by atoms with Crippen molar-refractivity contribution in [1.82, 2.24) is 9.97 Å². The topological polar surface area (TPSA) is 55.3 Å². The Balaban J connectivity index is 2.02. The summed E-state index contributed by atoms with van der Waals surface area (Å²) in [6.45, 7) is 2.35. The molecule has 5 nitrogen and oxygen atoms in total. The fraction of sp³-hybridized carbons (Fsp3) is 0.389. The van der Waals surface area contributed by atoms with E-state index in [0.29, 0.717) is 11.5 Å². The molecule has 0 amide bonds. The fourth-order valence-corrected chi connectivity index (χ4v) is 2.77. The van der Waals surface area contributed by atoms with Gasteiger partial charge < -0.3 is 9.64 Å². The van der Waals surface area contributed by atoms with Crippen molar-refractivity contribution < 1.29 is 18.3 Å². The first-order valence-electron chi connectivity index (χ1n) is 8.05. The maximum atomic E-state index is 13.5. The van der Waals surface area contributed by atoms with Gasteiger partial charge in [-0.15, -0.1) is 0 Å². The number of halogens is 2. The van der Waals surface area contributed by atoms with Crippen LogP contribution in [0.3, 0.4) is 0 Å². The maximum absolute atomic E-state index is 13.5. The maximum Gasteiger partial charge on any atom is 0.358 e. The summed E-state index contributed by atoms with van der Waals surface area (Å²) in [5, 5.41) is 0. The number of alkyl halides is 2. The Kier molecular flexibility index (Phi) is 4.65. The normalized spacial score (nSPS) is 16.6. The van der Waals surface area contributed by atoms with Gasteiger partial charge in [-0.1, -0.05) is 29.8 Å². The summed E-state index contributed by atoms with van der Waals surface area (Å²) in [5.74, 6) is -2.72. The van der Waals surface area contributed by atoms with Gasteiger partial charge in [0.25, 0.3) is 5.92 Å². The zero-order valence-corrected chi connectivity index (χ0v) is 14.1. The molecule has 7 heteroatoms. The van der Waals surface area contributed by atoms with Gasteiger partial charge in [0.15, 0.2) is 11.5 Å². The second kappa shape index (κ2) is 6.74. The molecule has 1 aromatic carbocycles. The molecule has 1 fully saturated rings. The summed E-state index contributed by atoms with van der Waals surface area (Å²) < 4.78 is 31.6. The first-order valence-corrected chi connectivity index (χ1v) is 8.05. The van der Waals surface area contributed by atoms with Crippen LogP contribution >= 0.6 is 0 Å². The number of benzene rings is 1. The van der Waals surface area contributed by atoms with Gasteiger partial charge in [-0.25, -0.2) is 23.5 Å². The number of esters is 1. The molecule has 0 bridgehead atoms. The van der Waals surface area contributed by atoms with Crippen LogP contribution < -0.4 is 4.90 Å². The lowest BCUT2D eigenvalue weighted by Gasteiger charge is -2.33. The highest BCUT2D eigenvalue weighted by molar-refractivity contribution is 5.88. The first kappa shape index (κ1) is 17.3. The van der Waals surface area contributed by atoms with Crippen molar-refractivity contribution in [3.63, 3.8) is 0 Å². The van der Waals surface area contributed by atoms with Crippen LogP contribution in [0.4, 0.5) is 14.6 Å². The van der Waals surface area contributed by atoms with Crippen LogP contribution in [-0.4, -0.2) is 42.1 Å². The van der Waals surface area contributed by atoms with E-state index in [4.69, 9.17) is 4.74 Å². The average Bonchev–Trinajstić information content (AvgIpc) is 2.61. The van der Waals surface area contributed by atoms with Crippen LogP contribution in [0.25, 0.3) is 11.3 Å². The largest absolute Gasteiger partial charge is 0.464 e. The second-order valence-corrected chi connectivity index (χ2v) is 6.13. The highest BCUT2D eigenvalue weighted by atomic mass is 19.3. The van der Waals surface area contributed by atoms with Gasteiger partial charge >= 0.3 is 5.97 Å². The van der Waals surface area contributed by atoms with Gasteiger partial charge in [-0.05, 0) is 6.92 Å². The summed E-state index contributed by atoms with van der Waals surface area (Å²) in [5.41, 5.74) is 2.44.